The van der Waals surface area contributed by atoms with Gasteiger partial charge in [0.15, 0.2) is 6.29 Å². The van der Waals surface area contributed by atoms with Crippen molar-refractivity contribution in [2.45, 2.75) is 45.6 Å². The average molecular weight is 249 g/mol. The Bertz CT molecular complexity index is 400. The molecule has 1 saturated heterocycles. The van der Waals surface area contributed by atoms with Gasteiger partial charge in [-0.05, 0) is 42.9 Å². The summed E-state index contributed by atoms with van der Waals surface area (Å²) >= 11 is 0. The van der Waals surface area contributed by atoms with Crippen molar-refractivity contribution in [1.82, 2.24) is 0 Å². The summed E-state index contributed by atoms with van der Waals surface area (Å²) in [5.74, 6) is 0. The van der Waals surface area contributed by atoms with E-state index in [0.29, 0.717) is 6.61 Å². The number of nitroso groups, excluding NO2 is 1. The summed E-state index contributed by atoms with van der Waals surface area (Å²) in [6, 6.07) is 5.89. The van der Waals surface area contributed by atoms with Gasteiger partial charge in [0.1, 0.15) is 6.54 Å². The first kappa shape index (κ1) is 13.2. The van der Waals surface area contributed by atoms with Gasteiger partial charge in [0.2, 0.25) is 0 Å². The summed E-state index contributed by atoms with van der Waals surface area (Å²) in [4.78, 5) is 10.3. The highest BCUT2D eigenvalue weighted by molar-refractivity contribution is 5.33. The lowest BCUT2D eigenvalue weighted by Crippen LogP contribution is -2.22. The molecule has 1 unspecified atom stereocenters. The highest BCUT2D eigenvalue weighted by Gasteiger charge is 2.14. The Kier molecular flexibility index (Phi) is 4.84. The molecule has 1 aromatic rings. The maximum Gasteiger partial charge on any atom is 0.158 e. The van der Waals surface area contributed by atoms with Crippen LogP contribution >= 0.6 is 0 Å². The first-order valence-electron chi connectivity index (χ1n) is 6.41. The minimum atomic E-state index is -0.0778. The zero-order valence-corrected chi connectivity index (χ0v) is 10.7. The average Bonchev–Trinajstić information content (AvgIpc) is 2.41. The Morgan fingerprint density at radius 1 is 1.39 bits per heavy atom. The van der Waals surface area contributed by atoms with E-state index in [1.807, 2.05) is 25.1 Å². The van der Waals surface area contributed by atoms with Crippen molar-refractivity contribution in [2.75, 3.05) is 6.61 Å². The van der Waals surface area contributed by atoms with Crippen LogP contribution in [0.2, 0.25) is 0 Å². The second-order valence-electron chi connectivity index (χ2n) is 4.60. The molecule has 1 heterocycles. The zero-order chi connectivity index (χ0) is 12.8. The van der Waals surface area contributed by atoms with Crippen molar-refractivity contribution in [3.63, 3.8) is 0 Å². The van der Waals surface area contributed by atoms with Crippen LogP contribution in [-0.4, -0.2) is 12.9 Å². The minimum absolute atomic E-state index is 0.0778. The quantitative estimate of drug-likeness (QED) is 0.752. The van der Waals surface area contributed by atoms with Gasteiger partial charge in [-0.2, -0.15) is 4.91 Å². The molecule has 18 heavy (non-hydrogen) atoms. The first-order valence-corrected chi connectivity index (χ1v) is 6.41. The van der Waals surface area contributed by atoms with Gasteiger partial charge in [0, 0.05) is 6.61 Å². The Morgan fingerprint density at radius 2 is 2.22 bits per heavy atom. The molecule has 0 aromatic heterocycles. The summed E-state index contributed by atoms with van der Waals surface area (Å²) in [6.07, 6.45) is 3.18. The molecule has 98 valence electrons. The lowest BCUT2D eigenvalue weighted by molar-refractivity contribution is -0.169. The molecule has 0 radical (unpaired) electrons. The van der Waals surface area contributed by atoms with E-state index in [-0.39, 0.29) is 12.8 Å². The van der Waals surface area contributed by atoms with Crippen LogP contribution in [0.3, 0.4) is 0 Å². The molecule has 0 saturated carbocycles. The third kappa shape index (κ3) is 3.37. The number of nitrogens with zero attached hydrogens (tertiary/aromatic N) is 1. The molecule has 0 N–H and O–H groups in total. The highest BCUT2D eigenvalue weighted by Crippen LogP contribution is 2.19. The number of benzene rings is 1. The van der Waals surface area contributed by atoms with E-state index >= 15 is 0 Å². The predicted octanol–water partition coefficient (Wildman–Crippen LogP) is 3.30. The van der Waals surface area contributed by atoms with Crippen molar-refractivity contribution < 1.29 is 9.47 Å². The van der Waals surface area contributed by atoms with Crippen LogP contribution in [0.25, 0.3) is 0 Å². The first-order chi connectivity index (χ1) is 8.81. The van der Waals surface area contributed by atoms with E-state index in [1.54, 1.807) is 0 Å². The summed E-state index contributed by atoms with van der Waals surface area (Å²) in [5.41, 5.74) is 3.16. The van der Waals surface area contributed by atoms with Gasteiger partial charge in [0.05, 0.1) is 6.61 Å². The van der Waals surface area contributed by atoms with E-state index in [4.69, 9.17) is 9.47 Å². The second kappa shape index (κ2) is 6.61. The second-order valence-corrected chi connectivity index (χ2v) is 4.60. The van der Waals surface area contributed by atoms with Gasteiger partial charge in [-0.25, -0.2) is 0 Å². The Balaban J connectivity index is 1.95. The van der Waals surface area contributed by atoms with E-state index in [0.717, 1.165) is 36.1 Å². The van der Waals surface area contributed by atoms with Crippen molar-refractivity contribution in [3.8, 4) is 0 Å². The van der Waals surface area contributed by atoms with Crippen LogP contribution in [0.15, 0.2) is 23.4 Å². The van der Waals surface area contributed by atoms with Crippen molar-refractivity contribution in [2.24, 2.45) is 5.18 Å². The largest absolute Gasteiger partial charge is 0.353 e. The summed E-state index contributed by atoms with van der Waals surface area (Å²) in [7, 11) is 0. The molecule has 1 aliphatic heterocycles. The monoisotopic (exact) mass is 249 g/mol. The molecular formula is C14H19NO3. The molecule has 2 rings (SSSR count). The fourth-order valence-electron chi connectivity index (χ4n) is 2.16. The number of ether oxygens (including phenoxy) is 2. The SMILES string of the molecule is Cc1c(CN=O)cccc1COC1CCCCO1. The van der Waals surface area contributed by atoms with Gasteiger partial charge >= 0.3 is 0 Å². The molecule has 0 bridgehead atoms. The lowest BCUT2D eigenvalue weighted by atomic mass is 10.0. The van der Waals surface area contributed by atoms with Gasteiger partial charge in [0.25, 0.3) is 0 Å². The molecule has 0 spiro atoms. The molecule has 1 fully saturated rings. The van der Waals surface area contributed by atoms with E-state index in [1.165, 1.54) is 6.42 Å². The maximum absolute atomic E-state index is 10.3. The third-order valence-electron chi connectivity index (χ3n) is 3.36. The standard InChI is InChI=1S/C14H19NO3/c1-11-12(9-15-16)5-4-6-13(11)10-18-14-7-2-3-8-17-14/h4-6,14H,2-3,7-10H2,1H3. The zero-order valence-electron chi connectivity index (χ0n) is 10.7. The van der Waals surface area contributed by atoms with Gasteiger partial charge < -0.3 is 9.47 Å². The van der Waals surface area contributed by atoms with Crippen molar-refractivity contribution >= 4 is 0 Å². The smallest absolute Gasteiger partial charge is 0.158 e. The van der Waals surface area contributed by atoms with Crippen LogP contribution in [0.4, 0.5) is 0 Å². The number of rotatable bonds is 5. The van der Waals surface area contributed by atoms with Crippen LogP contribution < -0.4 is 0 Å². The van der Waals surface area contributed by atoms with Crippen LogP contribution in [0, 0.1) is 11.8 Å². The Morgan fingerprint density at radius 3 is 2.94 bits per heavy atom. The molecule has 1 atom stereocenters. The molecule has 1 aliphatic rings. The molecule has 4 heteroatoms. The van der Waals surface area contributed by atoms with E-state index in [2.05, 4.69) is 5.18 Å². The van der Waals surface area contributed by atoms with Crippen molar-refractivity contribution in [1.29, 1.82) is 0 Å². The van der Waals surface area contributed by atoms with E-state index in [9.17, 15) is 4.91 Å². The molecule has 0 amide bonds. The fraction of sp³-hybridized carbons (Fsp3) is 0.571. The molecule has 4 nitrogen and oxygen atoms in total. The maximum atomic E-state index is 10.3. The fourth-order valence-corrected chi connectivity index (χ4v) is 2.16. The summed E-state index contributed by atoms with van der Waals surface area (Å²) in [5, 5.41) is 2.94. The number of hydrogen-bond donors (Lipinski definition) is 0. The molecular weight excluding hydrogens is 230 g/mol. The van der Waals surface area contributed by atoms with E-state index < -0.39 is 0 Å². The Labute approximate surface area is 107 Å². The lowest BCUT2D eigenvalue weighted by Gasteiger charge is -2.23. The van der Waals surface area contributed by atoms with Crippen LogP contribution in [0.1, 0.15) is 36.0 Å². The van der Waals surface area contributed by atoms with Crippen molar-refractivity contribution in [3.05, 3.63) is 39.8 Å². The van der Waals surface area contributed by atoms with Crippen LogP contribution in [0.5, 0.6) is 0 Å². The summed E-state index contributed by atoms with van der Waals surface area (Å²) in [6.45, 7) is 3.54. The third-order valence-corrected chi connectivity index (χ3v) is 3.36. The summed E-state index contributed by atoms with van der Waals surface area (Å²) < 4.78 is 11.3. The normalized spacial score (nSPS) is 19.7. The highest BCUT2D eigenvalue weighted by atomic mass is 16.7. The number of hydrogen-bond acceptors (Lipinski definition) is 4. The molecule has 1 aromatic carbocycles. The topological polar surface area (TPSA) is 47.9 Å². The molecule has 0 aliphatic carbocycles. The Hall–Kier alpha value is -1.26. The van der Waals surface area contributed by atoms with Gasteiger partial charge in [-0.3, -0.25) is 0 Å². The van der Waals surface area contributed by atoms with Gasteiger partial charge in [-0.1, -0.05) is 23.4 Å². The van der Waals surface area contributed by atoms with Crippen LogP contribution in [-0.2, 0) is 22.6 Å². The minimum Gasteiger partial charge on any atom is -0.353 e. The predicted molar refractivity (Wildman–Crippen MR) is 69.1 cm³/mol. The van der Waals surface area contributed by atoms with Gasteiger partial charge in [-0.15, -0.1) is 0 Å².